The van der Waals surface area contributed by atoms with E-state index >= 15 is 0 Å². The van der Waals surface area contributed by atoms with Gasteiger partial charge in [0.1, 0.15) is 0 Å². The molecule has 4 fully saturated rings. The van der Waals surface area contributed by atoms with E-state index in [0.717, 1.165) is 17.8 Å². The Bertz CT molecular complexity index is 152. The van der Waals surface area contributed by atoms with Crippen molar-refractivity contribution < 1.29 is 5.11 Å². The van der Waals surface area contributed by atoms with Crippen molar-refractivity contribution in [3.63, 3.8) is 0 Å². The lowest BCUT2D eigenvalue weighted by Crippen LogP contribution is -2.04. The van der Waals surface area contributed by atoms with E-state index in [2.05, 4.69) is 0 Å². The van der Waals surface area contributed by atoms with Crippen LogP contribution in [0, 0.1) is 23.2 Å². The SMILES string of the molecule is OCC12CC3CC1C2C3. The molecule has 0 aliphatic heterocycles. The molecular formula is C8H12O. The fourth-order valence-electron chi connectivity index (χ4n) is 3.59. The zero-order valence-corrected chi connectivity index (χ0v) is 5.51. The highest BCUT2D eigenvalue weighted by atomic mass is 16.3. The first-order chi connectivity index (χ1) is 4.37. The van der Waals surface area contributed by atoms with Crippen LogP contribution in [-0.2, 0) is 0 Å². The van der Waals surface area contributed by atoms with Gasteiger partial charge in [-0.05, 0) is 42.4 Å². The van der Waals surface area contributed by atoms with E-state index < -0.39 is 0 Å². The Morgan fingerprint density at radius 2 is 2.00 bits per heavy atom. The second-order valence-electron chi connectivity index (χ2n) is 4.15. The molecule has 0 radical (unpaired) electrons. The van der Waals surface area contributed by atoms with Gasteiger partial charge in [-0.1, -0.05) is 0 Å². The Morgan fingerprint density at radius 1 is 1.33 bits per heavy atom. The first-order valence-corrected chi connectivity index (χ1v) is 3.98. The average molecular weight is 124 g/mol. The summed E-state index contributed by atoms with van der Waals surface area (Å²) in [6, 6.07) is 0. The first-order valence-electron chi connectivity index (χ1n) is 3.98. The van der Waals surface area contributed by atoms with Gasteiger partial charge in [0.05, 0.1) is 0 Å². The van der Waals surface area contributed by atoms with Crippen LogP contribution in [0.15, 0.2) is 0 Å². The Labute approximate surface area is 55.1 Å². The minimum absolute atomic E-state index is 0.485. The summed E-state index contributed by atoms with van der Waals surface area (Å²) in [5, 5.41) is 9.06. The molecule has 0 aromatic rings. The molecule has 1 N–H and O–H groups in total. The van der Waals surface area contributed by atoms with Crippen molar-refractivity contribution in [2.24, 2.45) is 23.2 Å². The summed E-state index contributed by atoms with van der Waals surface area (Å²) in [5.41, 5.74) is 0.491. The molecule has 1 heteroatoms. The third-order valence-electron chi connectivity index (χ3n) is 3.99. The maximum Gasteiger partial charge on any atom is 0.0493 e. The van der Waals surface area contributed by atoms with E-state index in [1.54, 1.807) is 0 Å². The average Bonchev–Trinajstić information content (AvgIpc) is 2.44. The Kier molecular flexibility index (Phi) is 0.563. The quantitative estimate of drug-likeness (QED) is 0.553. The van der Waals surface area contributed by atoms with Crippen LogP contribution in [0.2, 0.25) is 0 Å². The standard InChI is InChI=1S/C8H12O/c9-4-8-3-5-1-6(8)7(8)2-5/h5-7,9H,1-4H2. The van der Waals surface area contributed by atoms with E-state index in [1.165, 1.54) is 19.3 Å². The predicted octanol–water partition coefficient (Wildman–Crippen LogP) is 1.02. The van der Waals surface area contributed by atoms with E-state index in [9.17, 15) is 0 Å². The molecule has 50 valence electrons. The molecule has 0 heterocycles. The highest BCUT2D eigenvalue weighted by molar-refractivity contribution is 5.21. The maximum atomic E-state index is 9.06. The van der Waals surface area contributed by atoms with Gasteiger partial charge in [0.15, 0.2) is 0 Å². The molecule has 1 nitrogen and oxygen atoms in total. The van der Waals surface area contributed by atoms with Crippen LogP contribution in [0.3, 0.4) is 0 Å². The van der Waals surface area contributed by atoms with Crippen molar-refractivity contribution >= 4 is 0 Å². The van der Waals surface area contributed by atoms with Gasteiger partial charge in [0.2, 0.25) is 0 Å². The van der Waals surface area contributed by atoms with Crippen LogP contribution in [0.25, 0.3) is 0 Å². The third kappa shape index (κ3) is 0.315. The van der Waals surface area contributed by atoms with Crippen molar-refractivity contribution in [3.8, 4) is 0 Å². The molecule has 4 aliphatic carbocycles. The van der Waals surface area contributed by atoms with Crippen LogP contribution >= 0.6 is 0 Å². The number of hydrogen-bond donors (Lipinski definition) is 1. The molecule has 4 rings (SSSR count). The molecule has 0 spiro atoms. The second-order valence-corrected chi connectivity index (χ2v) is 4.15. The minimum atomic E-state index is 0.485. The molecular weight excluding hydrogens is 112 g/mol. The van der Waals surface area contributed by atoms with Crippen molar-refractivity contribution in [2.75, 3.05) is 6.61 Å². The molecule has 4 bridgehead atoms. The number of aliphatic hydroxyl groups is 1. The molecule has 4 aliphatic rings. The molecule has 0 aromatic heterocycles. The van der Waals surface area contributed by atoms with Gasteiger partial charge < -0.3 is 5.11 Å². The lowest BCUT2D eigenvalue weighted by molar-refractivity contribution is 0.203. The summed E-state index contributed by atoms with van der Waals surface area (Å²) >= 11 is 0. The van der Waals surface area contributed by atoms with Crippen LogP contribution in [0.4, 0.5) is 0 Å². The van der Waals surface area contributed by atoms with Crippen molar-refractivity contribution in [1.29, 1.82) is 0 Å². The molecule has 9 heavy (non-hydrogen) atoms. The summed E-state index contributed by atoms with van der Waals surface area (Å²) in [6.07, 6.45) is 4.26. The Morgan fingerprint density at radius 3 is 2.22 bits per heavy atom. The monoisotopic (exact) mass is 124 g/mol. The maximum absolute atomic E-state index is 9.06. The van der Waals surface area contributed by atoms with E-state index in [0.29, 0.717) is 12.0 Å². The van der Waals surface area contributed by atoms with Gasteiger partial charge in [-0.3, -0.25) is 0 Å². The van der Waals surface area contributed by atoms with Gasteiger partial charge >= 0.3 is 0 Å². The summed E-state index contributed by atoms with van der Waals surface area (Å²) < 4.78 is 0. The first kappa shape index (κ1) is 4.73. The molecule has 2 unspecified atom stereocenters. The molecule has 2 atom stereocenters. The predicted molar refractivity (Wildman–Crippen MR) is 33.8 cm³/mol. The van der Waals surface area contributed by atoms with Crippen molar-refractivity contribution in [1.82, 2.24) is 0 Å². The summed E-state index contributed by atoms with van der Waals surface area (Å²) in [6.45, 7) is 0.485. The second kappa shape index (κ2) is 1.07. The normalized spacial score (nSPS) is 67.0. The number of aliphatic hydroxyl groups excluding tert-OH is 1. The molecule has 0 aromatic carbocycles. The van der Waals surface area contributed by atoms with E-state index in [4.69, 9.17) is 5.11 Å². The molecule has 0 amide bonds. The zero-order valence-electron chi connectivity index (χ0n) is 5.51. The molecule has 0 saturated heterocycles. The van der Waals surface area contributed by atoms with E-state index in [1.807, 2.05) is 0 Å². The fourth-order valence-corrected chi connectivity index (χ4v) is 3.59. The molecule has 4 saturated carbocycles. The minimum Gasteiger partial charge on any atom is -0.396 e. The van der Waals surface area contributed by atoms with Crippen LogP contribution in [0.1, 0.15) is 19.3 Å². The van der Waals surface area contributed by atoms with Gasteiger partial charge in [0, 0.05) is 6.61 Å². The summed E-state index contributed by atoms with van der Waals surface area (Å²) in [4.78, 5) is 0. The van der Waals surface area contributed by atoms with Crippen LogP contribution in [-0.4, -0.2) is 11.7 Å². The van der Waals surface area contributed by atoms with Crippen molar-refractivity contribution in [2.45, 2.75) is 19.3 Å². The highest BCUT2D eigenvalue weighted by Crippen LogP contribution is 2.78. The lowest BCUT2D eigenvalue weighted by Gasteiger charge is -2.03. The highest BCUT2D eigenvalue weighted by Gasteiger charge is 2.73. The van der Waals surface area contributed by atoms with Crippen molar-refractivity contribution in [3.05, 3.63) is 0 Å². The van der Waals surface area contributed by atoms with Gasteiger partial charge in [-0.25, -0.2) is 0 Å². The van der Waals surface area contributed by atoms with Gasteiger partial charge in [0.25, 0.3) is 0 Å². The summed E-state index contributed by atoms with van der Waals surface area (Å²) in [5.74, 6) is 2.95. The third-order valence-corrected chi connectivity index (χ3v) is 3.99. The van der Waals surface area contributed by atoms with Gasteiger partial charge in [-0.2, -0.15) is 0 Å². The van der Waals surface area contributed by atoms with Crippen LogP contribution in [0.5, 0.6) is 0 Å². The number of rotatable bonds is 1. The summed E-state index contributed by atoms with van der Waals surface area (Å²) in [7, 11) is 0. The lowest BCUT2D eigenvalue weighted by atomic mass is 10.1. The van der Waals surface area contributed by atoms with Crippen LogP contribution < -0.4 is 0 Å². The fraction of sp³-hybridized carbons (Fsp3) is 1.00. The smallest absolute Gasteiger partial charge is 0.0493 e. The van der Waals surface area contributed by atoms with Gasteiger partial charge in [-0.15, -0.1) is 0 Å². The Balaban J connectivity index is 2.02. The Hall–Kier alpha value is -0.0400. The number of hydrogen-bond acceptors (Lipinski definition) is 1. The topological polar surface area (TPSA) is 20.2 Å². The zero-order chi connectivity index (χ0) is 6.06. The largest absolute Gasteiger partial charge is 0.396 e. The van der Waals surface area contributed by atoms with E-state index in [-0.39, 0.29) is 0 Å².